The summed E-state index contributed by atoms with van der Waals surface area (Å²) < 4.78 is 0. The van der Waals surface area contributed by atoms with Crippen molar-refractivity contribution in [2.45, 2.75) is 81.5 Å². The molecule has 2 fully saturated rings. The minimum absolute atomic E-state index is 0.457. The summed E-state index contributed by atoms with van der Waals surface area (Å²) in [5, 5.41) is 13.8. The Morgan fingerprint density at radius 1 is 1.32 bits per heavy atom. The van der Waals surface area contributed by atoms with Gasteiger partial charge in [-0.2, -0.15) is 11.8 Å². The van der Waals surface area contributed by atoms with Crippen LogP contribution in [0.1, 0.15) is 64.7 Å². The van der Waals surface area contributed by atoms with E-state index >= 15 is 0 Å². The molecule has 2 aliphatic rings. The molecule has 0 saturated heterocycles. The molecule has 0 amide bonds. The third kappa shape index (κ3) is 4.38. The number of aliphatic carboxylic acids is 1. The van der Waals surface area contributed by atoms with Gasteiger partial charge in [0, 0.05) is 11.3 Å². The van der Waals surface area contributed by atoms with Gasteiger partial charge in [-0.05, 0) is 50.7 Å². The molecule has 0 spiro atoms. The zero-order chi connectivity index (χ0) is 13.7. The lowest BCUT2D eigenvalue weighted by molar-refractivity contribution is -0.145. The molecule has 2 rings (SSSR count). The number of nitrogens with one attached hydrogen (secondary N) is 1. The van der Waals surface area contributed by atoms with Crippen LogP contribution in [0.15, 0.2) is 0 Å². The molecule has 0 radical (unpaired) electrons. The number of thioether (sulfide) groups is 1. The molecule has 110 valence electrons. The van der Waals surface area contributed by atoms with Gasteiger partial charge in [-0.3, -0.25) is 10.1 Å². The van der Waals surface area contributed by atoms with Crippen LogP contribution in [0.4, 0.5) is 0 Å². The molecular formula is C15H27NO2S. The molecule has 0 aromatic heterocycles. The van der Waals surface area contributed by atoms with Gasteiger partial charge in [0.15, 0.2) is 0 Å². The van der Waals surface area contributed by atoms with Crippen molar-refractivity contribution in [3.05, 3.63) is 0 Å². The topological polar surface area (TPSA) is 49.3 Å². The maximum absolute atomic E-state index is 11.6. The van der Waals surface area contributed by atoms with Gasteiger partial charge in [-0.15, -0.1) is 0 Å². The Morgan fingerprint density at radius 3 is 2.53 bits per heavy atom. The number of hydrogen-bond acceptors (Lipinski definition) is 3. The average molecular weight is 285 g/mol. The fourth-order valence-electron chi connectivity index (χ4n) is 2.97. The SMILES string of the molecule is CCC(CCCSC1CCCC1)(NC1CC1)C(=O)O. The highest BCUT2D eigenvalue weighted by atomic mass is 32.2. The summed E-state index contributed by atoms with van der Waals surface area (Å²) >= 11 is 2.06. The Hall–Kier alpha value is -0.220. The standard InChI is InChI=1S/C15H27NO2S/c1-2-15(14(17)18,16-12-8-9-12)10-5-11-19-13-6-3-4-7-13/h12-13,16H,2-11H2,1H3,(H,17,18). The van der Waals surface area contributed by atoms with Crippen LogP contribution < -0.4 is 5.32 Å². The van der Waals surface area contributed by atoms with Crippen LogP contribution in [0.2, 0.25) is 0 Å². The van der Waals surface area contributed by atoms with Crippen LogP contribution in [0.3, 0.4) is 0 Å². The molecule has 0 aromatic carbocycles. The fraction of sp³-hybridized carbons (Fsp3) is 0.933. The number of carboxylic acid groups (broad SMARTS) is 1. The van der Waals surface area contributed by atoms with Crippen molar-refractivity contribution in [2.75, 3.05) is 5.75 Å². The average Bonchev–Trinajstić information content (AvgIpc) is 3.05. The lowest BCUT2D eigenvalue weighted by Gasteiger charge is -2.30. The van der Waals surface area contributed by atoms with Gasteiger partial charge in [0.05, 0.1) is 0 Å². The second kappa shape index (κ2) is 6.98. The number of carbonyl (C=O) groups is 1. The highest BCUT2D eigenvalue weighted by Gasteiger charge is 2.40. The van der Waals surface area contributed by atoms with Gasteiger partial charge in [-0.1, -0.05) is 19.8 Å². The summed E-state index contributed by atoms with van der Waals surface area (Å²) in [6.07, 6.45) is 10.3. The third-order valence-electron chi connectivity index (χ3n) is 4.47. The summed E-state index contributed by atoms with van der Waals surface area (Å²) in [5.74, 6) is 0.458. The van der Waals surface area contributed by atoms with Crippen molar-refractivity contribution < 1.29 is 9.90 Å². The lowest BCUT2D eigenvalue weighted by atomic mass is 9.90. The maximum atomic E-state index is 11.6. The summed E-state index contributed by atoms with van der Waals surface area (Å²) in [5.41, 5.74) is -0.669. The summed E-state index contributed by atoms with van der Waals surface area (Å²) in [4.78, 5) is 11.6. The molecule has 19 heavy (non-hydrogen) atoms. The van der Waals surface area contributed by atoms with E-state index in [9.17, 15) is 9.90 Å². The Balaban J connectivity index is 1.73. The van der Waals surface area contributed by atoms with Crippen LogP contribution >= 0.6 is 11.8 Å². The molecule has 0 aliphatic heterocycles. The second-order valence-electron chi connectivity index (χ2n) is 6.04. The molecule has 1 atom stereocenters. The van der Waals surface area contributed by atoms with E-state index in [2.05, 4.69) is 17.1 Å². The predicted octanol–water partition coefficient (Wildman–Crippen LogP) is 3.43. The van der Waals surface area contributed by atoms with Gasteiger partial charge < -0.3 is 5.11 Å². The Bertz CT molecular complexity index is 301. The molecule has 2 N–H and O–H groups in total. The zero-order valence-electron chi connectivity index (χ0n) is 12.0. The van der Waals surface area contributed by atoms with E-state index in [1.54, 1.807) is 0 Å². The first-order chi connectivity index (χ1) is 9.16. The Kier molecular flexibility index (Phi) is 5.58. The van der Waals surface area contributed by atoms with Crippen molar-refractivity contribution in [2.24, 2.45) is 0 Å². The third-order valence-corrected chi connectivity index (χ3v) is 5.94. The fourth-order valence-corrected chi connectivity index (χ4v) is 4.28. The van der Waals surface area contributed by atoms with Crippen molar-refractivity contribution in [1.82, 2.24) is 5.32 Å². The molecule has 0 aromatic rings. The Labute approximate surface area is 120 Å². The van der Waals surface area contributed by atoms with Crippen molar-refractivity contribution in [3.63, 3.8) is 0 Å². The van der Waals surface area contributed by atoms with Gasteiger partial charge in [-0.25, -0.2) is 0 Å². The van der Waals surface area contributed by atoms with E-state index in [0.29, 0.717) is 12.5 Å². The maximum Gasteiger partial charge on any atom is 0.323 e. The predicted molar refractivity (Wildman–Crippen MR) is 80.8 cm³/mol. The van der Waals surface area contributed by atoms with Gasteiger partial charge >= 0.3 is 5.97 Å². The van der Waals surface area contributed by atoms with Crippen molar-refractivity contribution in [1.29, 1.82) is 0 Å². The smallest absolute Gasteiger partial charge is 0.323 e. The molecule has 0 heterocycles. The zero-order valence-corrected chi connectivity index (χ0v) is 12.8. The number of hydrogen-bond donors (Lipinski definition) is 2. The summed E-state index contributed by atoms with van der Waals surface area (Å²) in [7, 11) is 0. The Morgan fingerprint density at radius 2 is 2.00 bits per heavy atom. The van der Waals surface area contributed by atoms with E-state index in [1.165, 1.54) is 25.7 Å². The van der Waals surface area contributed by atoms with E-state index < -0.39 is 11.5 Å². The van der Waals surface area contributed by atoms with Crippen molar-refractivity contribution >= 4 is 17.7 Å². The molecule has 2 saturated carbocycles. The number of carboxylic acids is 1. The first-order valence-electron chi connectivity index (χ1n) is 7.79. The highest BCUT2D eigenvalue weighted by Crippen LogP contribution is 2.32. The molecule has 0 bridgehead atoms. The van der Waals surface area contributed by atoms with Crippen LogP contribution in [0.5, 0.6) is 0 Å². The van der Waals surface area contributed by atoms with E-state index in [1.807, 2.05) is 6.92 Å². The monoisotopic (exact) mass is 285 g/mol. The normalized spacial score (nSPS) is 23.4. The van der Waals surface area contributed by atoms with Gasteiger partial charge in [0.1, 0.15) is 5.54 Å². The molecule has 2 aliphatic carbocycles. The summed E-state index contributed by atoms with van der Waals surface area (Å²) in [6.45, 7) is 1.99. The minimum atomic E-state index is -0.669. The van der Waals surface area contributed by atoms with Gasteiger partial charge in [0.25, 0.3) is 0 Å². The quantitative estimate of drug-likeness (QED) is 0.637. The van der Waals surface area contributed by atoms with Crippen molar-refractivity contribution in [3.8, 4) is 0 Å². The van der Waals surface area contributed by atoms with Crippen LogP contribution in [0, 0.1) is 0 Å². The van der Waals surface area contributed by atoms with E-state index in [-0.39, 0.29) is 0 Å². The first kappa shape index (κ1) is 15.2. The van der Waals surface area contributed by atoms with Gasteiger partial charge in [0.2, 0.25) is 0 Å². The highest BCUT2D eigenvalue weighted by molar-refractivity contribution is 7.99. The lowest BCUT2D eigenvalue weighted by Crippen LogP contribution is -2.52. The van der Waals surface area contributed by atoms with Crippen LogP contribution in [0.25, 0.3) is 0 Å². The largest absolute Gasteiger partial charge is 0.480 e. The van der Waals surface area contributed by atoms with E-state index in [4.69, 9.17) is 0 Å². The van der Waals surface area contributed by atoms with Crippen LogP contribution in [-0.2, 0) is 4.79 Å². The number of rotatable bonds is 9. The molecule has 1 unspecified atom stereocenters. The molecule has 3 nitrogen and oxygen atoms in total. The minimum Gasteiger partial charge on any atom is -0.480 e. The first-order valence-corrected chi connectivity index (χ1v) is 8.84. The molecule has 4 heteroatoms. The van der Waals surface area contributed by atoms with Crippen LogP contribution in [-0.4, -0.2) is 33.7 Å². The summed E-state index contributed by atoms with van der Waals surface area (Å²) in [6, 6.07) is 0.457. The second-order valence-corrected chi connectivity index (χ2v) is 7.45. The van der Waals surface area contributed by atoms with E-state index in [0.717, 1.165) is 36.7 Å². The molecular weight excluding hydrogens is 258 g/mol.